The van der Waals surface area contributed by atoms with Crippen molar-refractivity contribution >= 4 is 27.4 Å². The Kier molecular flexibility index (Phi) is 3.91. The minimum absolute atomic E-state index is 0.00607. The second-order valence-electron chi connectivity index (χ2n) is 6.64. The first-order valence-corrected chi connectivity index (χ1v) is 9.89. The van der Waals surface area contributed by atoms with Gasteiger partial charge in [-0.2, -0.15) is 13.2 Å². The van der Waals surface area contributed by atoms with E-state index in [9.17, 15) is 26.4 Å². The Morgan fingerprint density at radius 3 is 2.56 bits per heavy atom. The molecule has 1 heterocycles. The van der Waals surface area contributed by atoms with Crippen molar-refractivity contribution in [2.24, 2.45) is 5.92 Å². The lowest BCUT2D eigenvalue weighted by molar-refractivity contribution is -0.138. The number of sulfone groups is 1. The summed E-state index contributed by atoms with van der Waals surface area (Å²) < 4.78 is 68.8. The van der Waals surface area contributed by atoms with Gasteiger partial charge in [0.05, 0.1) is 21.1 Å². The van der Waals surface area contributed by atoms with Crippen LogP contribution in [0.2, 0.25) is 0 Å². The van der Waals surface area contributed by atoms with Crippen LogP contribution < -0.4 is 4.74 Å². The van der Waals surface area contributed by atoms with Crippen molar-refractivity contribution in [1.82, 2.24) is 0 Å². The third-order valence-electron chi connectivity index (χ3n) is 5.04. The van der Waals surface area contributed by atoms with Crippen LogP contribution in [0.15, 0.2) is 45.5 Å². The number of carboxylic acid groups (broad SMARTS) is 1. The lowest BCUT2D eigenvalue weighted by Gasteiger charge is -2.19. The third-order valence-corrected chi connectivity index (χ3v) is 7.63. The van der Waals surface area contributed by atoms with Crippen LogP contribution in [0.4, 0.5) is 13.2 Å². The summed E-state index contributed by atoms with van der Waals surface area (Å²) in [5, 5.41) is 7.95. The standard InChI is InChI=1S/C17H12ClF3O5S/c18-10-5-7(17(19,20)21)1-4-11(10)26-8-2-3-9-12(6-8)27(24,25)15-13(9)14(15)16(22)23/h2-3,5-6,13-15H,1,4H2,(H,22,23). The maximum atomic E-state index is 12.7. The van der Waals surface area contributed by atoms with E-state index in [4.69, 9.17) is 21.4 Å². The van der Waals surface area contributed by atoms with Crippen LogP contribution in [0.1, 0.15) is 24.3 Å². The number of hydrogen-bond donors (Lipinski definition) is 1. The molecule has 5 nitrogen and oxygen atoms in total. The molecular weight excluding hydrogens is 409 g/mol. The molecule has 144 valence electrons. The van der Waals surface area contributed by atoms with E-state index in [1.807, 2.05) is 0 Å². The number of benzene rings is 1. The molecule has 1 aliphatic heterocycles. The second-order valence-corrected chi connectivity index (χ2v) is 9.12. The molecule has 3 unspecified atom stereocenters. The number of fused-ring (bicyclic) bond motifs is 3. The summed E-state index contributed by atoms with van der Waals surface area (Å²) in [6.45, 7) is 0. The number of alkyl halides is 3. The molecule has 0 aromatic heterocycles. The fourth-order valence-electron chi connectivity index (χ4n) is 3.72. The van der Waals surface area contributed by atoms with Crippen molar-refractivity contribution in [3.05, 3.63) is 46.2 Å². The van der Waals surface area contributed by atoms with Gasteiger partial charge in [-0.25, -0.2) is 8.42 Å². The van der Waals surface area contributed by atoms with Crippen LogP contribution in [0, 0.1) is 5.92 Å². The quantitative estimate of drug-likeness (QED) is 0.805. The van der Waals surface area contributed by atoms with Gasteiger partial charge >= 0.3 is 12.1 Å². The van der Waals surface area contributed by atoms with Crippen molar-refractivity contribution < 1.29 is 36.2 Å². The maximum Gasteiger partial charge on any atom is 0.412 e. The van der Waals surface area contributed by atoms with E-state index in [0.29, 0.717) is 5.56 Å². The summed E-state index contributed by atoms with van der Waals surface area (Å²) in [6, 6.07) is 4.23. The number of allylic oxidation sites excluding steroid dienone is 4. The monoisotopic (exact) mass is 420 g/mol. The minimum Gasteiger partial charge on any atom is -0.481 e. The molecule has 1 aromatic rings. The predicted molar refractivity (Wildman–Crippen MR) is 88.2 cm³/mol. The molecule has 2 aliphatic carbocycles. The first kappa shape index (κ1) is 18.4. The van der Waals surface area contributed by atoms with Gasteiger partial charge in [0.15, 0.2) is 9.84 Å². The highest BCUT2D eigenvalue weighted by Crippen LogP contribution is 2.61. The van der Waals surface area contributed by atoms with Crippen molar-refractivity contribution in [1.29, 1.82) is 0 Å². The average Bonchev–Trinajstić information content (AvgIpc) is 3.27. The predicted octanol–water partition coefficient (Wildman–Crippen LogP) is 3.75. The van der Waals surface area contributed by atoms with Gasteiger partial charge in [0.2, 0.25) is 0 Å². The number of aliphatic carboxylic acids is 1. The van der Waals surface area contributed by atoms with Crippen LogP contribution in [-0.2, 0) is 14.6 Å². The van der Waals surface area contributed by atoms with Gasteiger partial charge in [-0.3, -0.25) is 4.79 Å². The van der Waals surface area contributed by atoms with Crippen LogP contribution in [-0.4, -0.2) is 30.9 Å². The summed E-state index contributed by atoms with van der Waals surface area (Å²) in [5.41, 5.74) is -0.320. The molecule has 3 aliphatic rings. The molecule has 1 N–H and O–H groups in total. The highest BCUT2D eigenvalue weighted by atomic mass is 35.5. The normalized spacial score (nSPS) is 28.3. The van der Waals surface area contributed by atoms with Gasteiger partial charge < -0.3 is 9.84 Å². The summed E-state index contributed by atoms with van der Waals surface area (Å²) in [5.74, 6) is -2.40. The van der Waals surface area contributed by atoms with Crippen molar-refractivity contribution in [3.63, 3.8) is 0 Å². The Balaban J connectivity index is 1.62. The first-order chi connectivity index (χ1) is 12.5. The zero-order valence-corrected chi connectivity index (χ0v) is 15.0. The zero-order valence-electron chi connectivity index (χ0n) is 13.5. The van der Waals surface area contributed by atoms with Gasteiger partial charge in [0, 0.05) is 17.9 Å². The summed E-state index contributed by atoms with van der Waals surface area (Å²) >= 11 is 5.89. The largest absolute Gasteiger partial charge is 0.481 e. The lowest BCUT2D eigenvalue weighted by Crippen LogP contribution is -2.16. The molecule has 1 aromatic carbocycles. The molecule has 0 radical (unpaired) electrons. The molecule has 0 saturated heterocycles. The summed E-state index contributed by atoms with van der Waals surface area (Å²) in [4.78, 5) is 11.1. The van der Waals surface area contributed by atoms with Crippen LogP contribution in [0.5, 0.6) is 5.75 Å². The van der Waals surface area contributed by atoms with Crippen LogP contribution in [0.3, 0.4) is 0 Å². The molecule has 3 atom stereocenters. The number of ether oxygens (including phenoxy) is 1. The molecule has 27 heavy (non-hydrogen) atoms. The van der Waals surface area contributed by atoms with Crippen LogP contribution >= 0.6 is 11.6 Å². The first-order valence-electron chi connectivity index (χ1n) is 7.96. The average molecular weight is 421 g/mol. The number of carbonyl (C=O) groups is 1. The van der Waals surface area contributed by atoms with E-state index in [0.717, 1.165) is 6.08 Å². The number of rotatable bonds is 3. The summed E-state index contributed by atoms with van der Waals surface area (Å²) in [6.07, 6.45) is -4.02. The number of carboxylic acids is 1. The van der Waals surface area contributed by atoms with Crippen molar-refractivity contribution in [2.45, 2.75) is 35.1 Å². The molecule has 1 fully saturated rings. The highest BCUT2D eigenvalue weighted by molar-refractivity contribution is 7.93. The second kappa shape index (κ2) is 5.75. The van der Waals surface area contributed by atoms with Crippen LogP contribution in [0.25, 0.3) is 0 Å². The molecule has 1 saturated carbocycles. The van der Waals surface area contributed by atoms with E-state index in [1.54, 1.807) is 0 Å². The van der Waals surface area contributed by atoms with Crippen molar-refractivity contribution in [2.75, 3.05) is 0 Å². The van der Waals surface area contributed by atoms with Gasteiger partial charge in [-0.05, 0) is 30.2 Å². The van der Waals surface area contributed by atoms with E-state index >= 15 is 0 Å². The minimum atomic E-state index is -4.46. The maximum absolute atomic E-state index is 12.7. The molecule has 10 heteroatoms. The van der Waals surface area contributed by atoms with E-state index in [2.05, 4.69) is 0 Å². The van der Waals surface area contributed by atoms with E-state index in [1.165, 1.54) is 18.2 Å². The Morgan fingerprint density at radius 2 is 1.96 bits per heavy atom. The fourth-order valence-corrected chi connectivity index (χ4v) is 6.37. The van der Waals surface area contributed by atoms with Gasteiger partial charge in [-0.15, -0.1) is 0 Å². The molecular formula is C17H12ClF3O5S. The van der Waals surface area contributed by atoms with Gasteiger partial charge in [0.25, 0.3) is 0 Å². The summed E-state index contributed by atoms with van der Waals surface area (Å²) in [7, 11) is -3.78. The van der Waals surface area contributed by atoms with Crippen molar-refractivity contribution in [3.8, 4) is 5.75 Å². The van der Waals surface area contributed by atoms with E-state index < -0.39 is 44.6 Å². The topological polar surface area (TPSA) is 80.7 Å². The Morgan fingerprint density at radius 1 is 1.26 bits per heavy atom. The lowest BCUT2D eigenvalue weighted by atomic mass is 10.0. The van der Waals surface area contributed by atoms with E-state index in [-0.39, 0.29) is 34.3 Å². The smallest absolute Gasteiger partial charge is 0.412 e. The molecule has 0 amide bonds. The number of hydrogen-bond acceptors (Lipinski definition) is 4. The Hall–Kier alpha value is -2.00. The Bertz CT molecular complexity index is 1030. The molecule has 0 bridgehead atoms. The van der Waals surface area contributed by atoms with Gasteiger partial charge in [-0.1, -0.05) is 17.7 Å². The molecule has 4 rings (SSSR count). The third kappa shape index (κ3) is 2.84. The Labute approximate surface area is 157 Å². The van der Waals surface area contributed by atoms with Gasteiger partial charge in [0.1, 0.15) is 11.5 Å². The zero-order chi connectivity index (χ0) is 19.7. The SMILES string of the molecule is O=C(O)C1C2c3ccc(OC4=C(Cl)C=C(C(F)(F)F)CC4)cc3S(=O)(=O)C12. The fraction of sp³-hybridized carbons (Fsp3) is 0.353. The molecule has 0 spiro atoms. The number of halogens is 4. The highest BCUT2D eigenvalue weighted by Gasteiger charge is 2.68.